The van der Waals surface area contributed by atoms with Crippen molar-refractivity contribution in [3.63, 3.8) is 0 Å². The second-order valence-electron chi connectivity index (χ2n) is 9.90. The summed E-state index contributed by atoms with van der Waals surface area (Å²) in [5.41, 5.74) is 0.326. The molecule has 0 saturated heterocycles. The van der Waals surface area contributed by atoms with Gasteiger partial charge < -0.3 is 4.74 Å². The molecule has 3 fully saturated rings. The van der Waals surface area contributed by atoms with E-state index in [1.54, 1.807) is 19.1 Å². The van der Waals surface area contributed by atoms with E-state index in [2.05, 4.69) is 0 Å². The molecule has 1 aromatic rings. The third-order valence-corrected chi connectivity index (χ3v) is 7.84. The molecule has 3 aliphatic carbocycles. The zero-order valence-electron chi connectivity index (χ0n) is 17.4. The maximum Gasteiger partial charge on any atom is 0.200 e. The van der Waals surface area contributed by atoms with E-state index in [4.69, 9.17) is 4.74 Å². The number of benzene rings is 1. The quantitative estimate of drug-likeness (QED) is 0.469. The van der Waals surface area contributed by atoms with Gasteiger partial charge in [0, 0.05) is 0 Å². The molecular weight excluding hydrogens is 354 g/mol. The molecule has 4 rings (SSSR count). The fourth-order valence-corrected chi connectivity index (χ4v) is 5.60. The second-order valence-corrected chi connectivity index (χ2v) is 9.90. The molecule has 1 nitrogen and oxygen atoms in total. The lowest BCUT2D eigenvalue weighted by atomic mass is 9.69. The van der Waals surface area contributed by atoms with E-state index < -0.39 is 11.6 Å². The lowest BCUT2D eigenvalue weighted by molar-refractivity contribution is 0.120. The summed E-state index contributed by atoms with van der Waals surface area (Å²) in [5, 5.41) is 0. The van der Waals surface area contributed by atoms with Crippen molar-refractivity contribution in [2.45, 2.75) is 84.0 Å². The number of hydrogen-bond donors (Lipinski definition) is 0. The van der Waals surface area contributed by atoms with Crippen molar-refractivity contribution in [3.8, 4) is 5.75 Å². The lowest BCUT2D eigenvalue weighted by Crippen LogP contribution is -2.27. The van der Waals surface area contributed by atoms with E-state index in [1.165, 1.54) is 77.0 Å². The molecule has 0 heterocycles. The van der Waals surface area contributed by atoms with Crippen LogP contribution >= 0.6 is 0 Å². The van der Waals surface area contributed by atoms with Gasteiger partial charge >= 0.3 is 0 Å². The molecule has 0 N–H and O–H groups in total. The van der Waals surface area contributed by atoms with Crippen molar-refractivity contribution in [2.75, 3.05) is 6.61 Å². The smallest absolute Gasteiger partial charge is 0.200 e. The maximum absolute atomic E-state index is 14.0. The molecule has 0 radical (unpaired) electrons. The first-order valence-corrected chi connectivity index (χ1v) is 11.7. The Morgan fingerprint density at radius 1 is 0.714 bits per heavy atom. The highest BCUT2D eigenvalue weighted by atomic mass is 19.2. The molecule has 3 heteroatoms. The van der Waals surface area contributed by atoms with Crippen LogP contribution in [0, 0.1) is 48.1 Å². The van der Waals surface area contributed by atoms with Crippen LogP contribution in [-0.2, 0) is 0 Å². The number of aryl methyl sites for hydroxylation is 1. The standard InChI is InChI=1S/C25H36F2O/c1-17-2-15-23(25(27)24(17)26)28-16-20-9-13-22(14-10-20)21-11-7-19(8-12-21)6-5-18-3-4-18/h2,15,18-22H,3-14,16H2,1H3. The summed E-state index contributed by atoms with van der Waals surface area (Å²) in [4.78, 5) is 0. The van der Waals surface area contributed by atoms with Gasteiger partial charge in [-0.1, -0.05) is 44.6 Å². The van der Waals surface area contributed by atoms with Gasteiger partial charge in [-0.15, -0.1) is 0 Å². The van der Waals surface area contributed by atoms with Crippen LogP contribution in [0.15, 0.2) is 12.1 Å². The Hall–Kier alpha value is -1.12. The monoisotopic (exact) mass is 390 g/mol. The third-order valence-electron chi connectivity index (χ3n) is 7.84. The minimum absolute atomic E-state index is 0.0646. The van der Waals surface area contributed by atoms with Gasteiger partial charge in [0.2, 0.25) is 5.82 Å². The molecule has 28 heavy (non-hydrogen) atoms. The summed E-state index contributed by atoms with van der Waals surface area (Å²) in [6.07, 6.45) is 16.7. The second kappa shape index (κ2) is 9.13. The Morgan fingerprint density at radius 2 is 1.21 bits per heavy atom. The van der Waals surface area contributed by atoms with Crippen molar-refractivity contribution in [1.29, 1.82) is 0 Å². The molecule has 0 bridgehead atoms. The van der Waals surface area contributed by atoms with Gasteiger partial charge in [-0.05, 0) is 86.7 Å². The Balaban J connectivity index is 1.16. The Labute approximate surface area is 169 Å². The van der Waals surface area contributed by atoms with Crippen molar-refractivity contribution < 1.29 is 13.5 Å². The van der Waals surface area contributed by atoms with E-state index in [0.717, 1.165) is 23.7 Å². The van der Waals surface area contributed by atoms with Gasteiger partial charge in [0.1, 0.15) is 0 Å². The summed E-state index contributed by atoms with van der Waals surface area (Å²) in [6, 6.07) is 3.15. The highest BCUT2D eigenvalue weighted by Gasteiger charge is 2.32. The van der Waals surface area contributed by atoms with Crippen molar-refractivity contribution in [2.24, 2.45) is 29.6 Å². The highest BCUT2D eigenvalue weighted by molar-refractivity contribution is 5.30. The number of ether oxygens (including phenoxy) is 1. The van der Waals surface area contributed by atoms with E-state index in [-0.39, 0.29) is 5.75 Å². The molecule has 0 unspecified atom stereocenters. The number of halogens is 2. The van der Waals surface area contributed by atoms with Crippen LogP contribution in [0.2, 0.25) is 0 Å². The molecule has 0 atom stereocenters. The van der Waals surface area contributed by atoms with E-state index in [0.29, 0.717) is 18.1 Å². The van der Waals surface area contributed by atoms with Gasteiger partial charge in [0.15, 0.2) is 11.6 Å². The molecule has 156 valence electrons. The van der Waals surface area contributed by atoms with Crippen LogP contribution in [0.3, 0.4) is 0 Å². The van der Waals surface area contributed by atoms with Crippen molar-refractivity contribution >= 4 is 0 Å². The zero-order chi connectivity index (χ0) is 19.5. The third kappa shape index (κ3) is 5.07. The molecule has 0 spiro atoms. The topological polar surface area (TPSA) is 9.23 Å². The molecule has 3 saturated carbocycles. The zero-order valence-corrected chi connectivity index (χ0v) is 17.4. The summed E-state index contributed by atoms with van der Waals surface area (Å²) < 4.78 is 33.3. The lowest BCUT2D eigenvalue weighted by Gasteiger charge is -2.38. The van der Waals surface area contributed by atoms with E-state index in [9.17, 15) is 8.78 Å². The minimum atomic E-state index is -0.841. The Morgan fingerprint density at radius 3 is 1.75 bits per heavy atom. The maximum atomic E-state index is 14.0. The molecule has 3 aliphatic rings. The van der Waals surface area contributed by atoms with Crippen molar-refractivity contribution in [3.05, 3.63) is 29.3 Å². The van der Waals surface area contributed by atoms with E-state index >= 15 is 0 Å². The first kappa shape index (κ1) is 20.2. The fourth-order valence-electron chi connectivity index (χ4n) is 5.60. The summed E-state index contributed by atoms with van der Waals surface area (Å²) >= 11 is 0. The van der Waals surface area contributed by atoms with Gasteiger partial charge in [-0.3, -0.25) is 0 Å². The summed E-state index contributed by atoms with van der Waals surface area (Å²) in [6.45, 7) is 2.09. The van der Waals surface area contributed by atoms with Gasteiger partial charge in [0.05, 0.1) is 6.61 Å². The van der Waals surface area contributed by atoms with Gasteiger partial charge in [-0.2, -0.15) is 4.39 Å². The van der Waals surface area contributed by atoms with Crippen LogP contribution < -0.4 is 4.74 Å². The Bertz CT molecular complexity index is 638. The van der Waals surface area contributed by atoms with Crippen LogP contribution in [0.5, 0.6) is 5.75 Å². The van der Waals surface area contributed by atoms with Crippen molar-refractivity contribution in [1.82, 2.24) is 0 Å². The van der Waals surface area contributed by atoms with Crippen LogP contribution in [0.4, 0.5) is 8.78 Å². The first-order chi connectivity index (χ1) is 13.6. The normalized spacial score (nSPS) is 31.0. The molecular formula is C25H36F2O. The number of hydrogen-bond acceptors (Lipinski definition) is 1. The predicted molar refractivity (Wildman–Crippen MR) is 109 cm³/mol. The molecule has 1 aromatic carbocycles. The molecule has 0 aliphatic heterocycles. The van der Waals surface area contributed by atoms with Gasteiger partial charge in [0.25, 0.3) is 0 Å². The largest absolute Gasteiger partial charge is 0.490 e. The van der Waals surface area contributed by atoms with Crippen LogP contribution in [-0.4, -0.2) is 6.61 Å². The number of rotatable bonds is 7. The van der Waals surface area contributed by atoms with Crippen LogP contribution in [0.1, 0.15) is 82.6 Å². The predicted octanol–water partition coefficient (Wildman–Crippen LogP) is 7.46. The average molecular weight is 391 g/mol. The highest BCUT2D eigenvalue weighted by Crippen LogP contribution is 2.43. The minimum Gasteiger partial charge on any atom is -0.490 e. The van der Waals surface area contributed by atoms with E-state index in [1.807, 2.05) is 0 Å². The fraction of sp³-hybridized carbons (Fsp3) is 0.760. The SMILES string of the molecule is Cc1ccc(OCC2CCC(C3CCC(CCC4CC4)CC3)CC2)c(F)c1F. The molecule has 0 aromatic heterocycles. The summed E-state index contributed by atoms with van der Waals surface area (Å²) in [5.74, 6) is 2.83. The summed E-state index contributed by atoms with van der Waals surface area (Å²) in [7, 11) is 0. The Kier molecular flexibility index (Phi) is 6.58. The van der Waals surface area contributed by atoms with Crippen LogP contribution in [0.25, 0.3) is 0 Å². The van der Waals surface area contributed by atoms with Gasteiger partial charge in [-0.25, -0.2) is 4.39 Å². The first-order valence-electron chi connectivity index (χ1n) is 11.7. The molecule has 0 amide bonds. The average Bonchev–Trinajstić information content (AvgIpc) is 3.55.